The molecule has 140 valence electrons. The zero-order valence-electron chi connectivity index (χ0n) is 14.0. The van der Waals surface area contributed by atoms with Crippen LogP contribution in [0.2, 0.25) is 0 Å². The smallest absolute Gasteiger partial charge is 0.450 e. The lowest BCUT2D eigenvalue weighted by atomic mass is 10.1. The molecule has 0 heterocycles. The Morgan fingerprint density at radius 1 is 1.15 bits per heavy atom. The van der Waals surface area contributed by atoms with Gasteiger partial charge in [-0.05, 0) is 44.2 Å². The Kier molecular flexibility index (Phi) is 5.87. The van der Waals surface area contributed by atoms with E-state index >= 15 is 0 Å². The van der Waals surface area contributed by atoms with E-state index in [1.165, 1.54) is 0 Å². The van der Waals surface area contributed by atoms with E-state index in [2.05, 4.69) is 11.4 Å². The fourth-order valence-corrected chi connectivity index (χ4v) is 4.84. The summed E-state index contributed by atoms with van der Waals surface area (Å²) in [6.07, 6.45) is 0.935. The Morgan fingerprint density at radius 2 is 1.73 bits per heavy atom. The van der Waals surface area contributed by atoms with Crippen molar-refractivity contribution in [2.24, 2.45) is 5.92 Å². The minimum Gasteiger partial charge on any atom is -0.450 e. The second-order valence-corrected chi connectivity index (χ2v) is 8.68. The Morgan fingerprint density at radius 3 is 2.23 bits per heavy atom. The molecule has 3 rings (SSSR count). The fourth-order valence-electron chi connectivity index (χ4n) is 2.99. The van der Waals surface area contributed by atoms with Gasteiger partial charge in [0.15, 0.2) is 9.84 Å². The molecule has 0 saturated heterocycles. The normalized spacial score (nSPS) is 23.0. The summed E-state index contributed by atoms with van der Waals surface area (Å²) in [5.41, 5.74) is -0.687. The third-order valence-electron chi connectivity index (χ3n) is 4.59. The molecule has 0 radical (unpaired) electrons. The predicted molar refractivity (Wildman–Crippen MR) is 91.1 cm³/mol. The van der Waals surface area contributed by atoms with Crippen LogP contribution in [-0.4, -0.2) is 41.5 Å². The van der Waals surface area contributed by atoms with Crippen LogP contribution in [0.15, 0.2) is 35.2 Å². The lowest BCUT2D eigenvalue weighted by Crippen LogP contribution is -2.39. The van der Waals surface area contributed by atoms with Gasteiger partial charge in [-0.3, -0.25) is 4.79 Å². The maximum Gasteiger partial charge on any atom is 0.503 e. The van der Waals surface area contributed by atoms with Crippen LogP contribution in [-0.2, 0) is 14.6 Å². The van der Waals surface area contributed by atoms with Gasteiger partial charge in [0.25, 0.3) is 0 Å². The zero-order valence-corrected chi connectivity index (χ0v) is 14.8. The van der Waals surface area contributed by atoms with Crippen LogP contribution < -0.4 is 5.32 Å². The quantitative estimate of drug-likeness (QED) is 0.724. The van der Waals surface area contributed by atoms with E-state index in [0.717, 1.165) is 0 Å². The maximum absolute atomic E-state index is 12.6. The number of carbonyl (C=O) groups excluding carboxylic acids is 1. The van der Waals surface area contributed by atoms with Crippen LogP contribution in [0, 0.1) is 17.2 Å². The molecule has 0 unspecified atom stereocenters. The number of nitriles is 1. The summed E-state index contributed by atoms with van der Waals surface area (Å²) in [6, 6.07) is 10.5. The number of carboxylic acid groups (broad SMARTS) is 2. The van der Waals surface area contributed by atoms with Gasteiger partial charge in [0.2, 0.25) is 5.91 Å². The minimum atomic E-state index is -3.38. The summed E-state index contributed by atoms with van der Waals surface area (Å²) < 4.78 is 25.1. The highest BCUT2D eigenvalue weighted by Gasteiger charge is 2.47. The highest BCUT2D eigenvalue weighted by atomic mass is 32.2. The average molecular weight is 380 g/mol. The maximum atomic E-state index is 12.6. The van der Waals surface area contributed by atoms with Crippen molar-refractivity contribution in [1.29, 1.82) is 5.26 Å². The van der Waals surface area contributed by atoms with Crippen molar-refractivity contribution in [1.82, 2.24) is 5.32 Å². The number of nitrogens with one attached hydrogen (secondary N) is 1. The predicted octanol–water partition coefficient (Wildman–Crippen LogP) is 2.02. The largest absolute Gasteiger partial charge is 0.503 e. The molecule has 9 heteroatoms. The van der Waals surface area contributed by atoms with E-state index in [1.54, 1.807) is 30.3 Å². The SMILES string of the molecule is N#CC1(NC(=O)[C@@H]2CC[C@@H](S(=O)(=O)c3ccccc3)C2)CC1.O=C(O)O. The molecule has 3 N–H and O–H groups in total. The van der Waals surface area contributed by atoms with Crippen molar-refractivity contribution < 1.29 is 28.2 Å². The molecule has 1 aromatic rings. The van der Waals surface area contributed by atoms with E-state index in [-0.39, 0.29) is 11.8 Å². The number of benzene rings is 1. The molecule has 1 aromatic carbocycles. The molecule has 2 saturated carbocycles. The number of hydrogen-bond acceptors (Lipinski definition) is 5. The van der Waals surface area contributed by atoms with Crippen LogP contribution in [0.1, 0.15) is 32.1 Å². The molecule has 2 aliphatic rings. The molecule has 26 heavy (non-hydrogen) atoms. The molecule has 2 fully saturated rings. The Balaban J connectivity index is 0.000000552. The number of amides is 1. The summed E-state index contributed by atoms with van der Waals surface area (Å²) in [5, 5.41) is 25.2. The van der Waals surface area contributed by atoms with E-state index in [0.29, 0.717) is 37.0 Å². The summed E-state index contributed by atoms with van der Waals surface area (Å²) in [6.45, 7) is 0. The molecule has 1 amide bonds. The monoisotopic (exact) mass is 380 g/mol. The topological polar surface area (TPSA) is 145 Å². The molecule has 0 aromatic heterocycles. The van der Waals surface area contributed by atoms with Gasteiger partial charge >= 0.3 is 6.16 Å². The third kappa shape index (κ3) is 4.73. The van der Waals surface area contributed by atoms with Gasteiger partial charge in [-0.2, -0.15) is 5.26 Å². The Bertz CT molecular complexity index is 807. The van der Waals surface area contributed by atoms with Gasteiger partial charge in [-0.1, -0.05) is 18.2 Å². The number of nitrogens with zero attached hydrogens (tertiary/aromatic N) is 1. The van der Waals surface area contributed by atoms with Crippen molar-refractivity contribution in [2.45, 2.75) is 47.8 Å². The van der Waals surface area contributed by atoms with Crippen molar-refractivity contribution in [2.75, 3.05) is 0 Å². The van der Waals surface area contributed by atoms with Gasteiger partial charge in [-0.25, -0.2) is 13.2 Å². The Labute approximate surface area is 151 Å². The average Bonchev–Trinajstić information content (AvgIpc) is 3.18. The molecule has 0 aliphatic heterocycles. The number of sulfone groups is 1. The first kappa shape index (κ1) is 19.7. The first-order chi connectivity index (χ1) is 12.2. The van der Waals surface area contributed by atoms with Crippen molar-refractivity contribution in [3.05, 3.63) is 30.3 Å². The summed E-state index contributed by atoms with van der Waals surface area (Å²) in [5.74, 6) is -0.487. The summed E-state index contributed by atoms with van der Waals surface area (Å²) in [7, 11) is -3.38. The van der Waals surface area contributed by atoms with Crippen LogP contribution >= 0.6 is 0 Å². The number of hydrogen-bond donors (Lipinski definition) is 3. The van der Waals surface area contributed by atoms with Crippen molar-refractivity contribution in [3.63, 3.8) is 0 Å². The molecular formula is C17H20N2O6S. The minimum absolute atomic E-state index is 0.176. The molecule has 2 atom stereocenters. The first-order valence-electron chi connectivity index (χ1n) is 8.14. The van der Waals surface area contributed by atoms with Crippen LogP contribution in [0.5, 0.6) is 0 Å². The lowest BCUT2D eigenvalue weighted by molar-refractivity contribution is -0.125. The second-order valence-electron chi connectivity index (χ2n) is 6.46. The number of rotatable bonds is 4. The standard InChI is InChI=1S/C16H18N2O3S.CH2O3/c17-11-16(8-9-16)18-15(19)12-6-7-14(10-12)22(20,21)13-4-2-1-3-5-13;2-1(3)4/h1-5,12,14H,6-10H2,(H,18,19);(H2,2,3,4)/t12-,14-;/m1./s1. The first-order valence-corrected chi connectivity index (χ1v) is 9.69. The molecule has 0 bridgehead atoms. The van der Waals surface area contributed by atoms with Crippen LogP contribution in [0.4, 0.5) is 4.79 Å². The molecular weight excluding hydrogens is 360 g/mol. The van der Waals surface area contributed by atoms with Gasteiger partial charge in [0, 0.05) is 5.92 Å². The second kappa shape index (κ2) is 7.74. The van der Waals surface area contributed by atoms with Crippen molar-refractivity contribution in [3.8, 4) is 6.07 Å². The van der Waals surface area contributed by atoms with Gasteiger partial charge in [-0.15, -0.1) is 0 Å². The summed E-state index contributed by atoms with van der Waals surface area (Å²) >= 11 is 0. The van der Waals surface area contributed by atoms with E-state index in [4.69, 9.17) is 20.3 Å². The summed E-state index contributed by atoms with van der Waals surface area (Å²) in [4.78, 5) is 21.1. The van der Waals surface area contributed by atoms with E-state index in [1.807, 2.05) is 0 Å². The highest BCUT2D eigenvalue weighted by Crippen LogP contribution is 2.37. The van der Waals surface area contributed by atoms with Gasteiger partial charge < -0.3 is 15.5 Å². The van der Waals surface area contributed by atoms with Gasteiger partial charge in [0.1, 0.15) is 5.54 Å². The zero-order chi connectivity index (χ0) is 19.4. The van der Waals surface area contributed by atoms with Crippen LogP contribution in [0.3, 0.4) is 0 Å². The van der Waals surface area contributed by atoms with Crippen LogP contribution in [0.25, 0.3) is 0 Å². The van der Waals surface area contributed by atoms with Gasteiger partial charge in [0.05, 0.1) is 16.2 Å². The molecule has 8 nitrogen and oxygen atoms in total. The van der Waals surface area contributed by atoms with Crippen molar-refractivity contribution >= 4 is 21.9 Å². The fraction of sp³-hybridized carbons (Fsp3) is 0.471. The van der Waals surface area contributed by atoms with E-state index in [9.17, 15) is 13.2 Å². The highest BCUT2D eigenvalue weighted by molar-refractivity contribution is 7.92. The Hall–Kier alpha value is -2.60. The van der Waals surface area contributed by atoms with E-state index < -0.39 is 26.8 Å². The lowest BCUT2D eigenvalue weighted by Gasteiger charge is -2.15. The third-order valence-corrected chi connectivity index (χ3v) is 6.83. The molecule has 0 spiro atoms. The molecule has 2 aliphatic carbocycles. The number of carbonyl (C=O) groups is 2.